The summed E-state index contributed by atoms with van der Waals surface area (Å²) in [5.74, 6) is 2.80. The number of fused-ring (bicyclic) bond motifs is 1. The smallest absolute Gasteiger partial charge is 0.160 e. The van der Waals surface area contributed by atoms with Gasteiger partial charge >= 0.3 is 0 Å². The Morgan fingerprint density at radius 3 is 2.95 bits per heavy atom. The molecule has 1 N–H and O–H groups in total. The summed E-state index contributed by atoms with van der Waals surface area (Å²) in [5.41, 5.74) is 0.931. The minimum absolute atomic E-state index is 0.714. The molecule has 3 rings (SSSR count). The highest BCUT2D eigenvalue weighted by Gasteiger charge is 2.30. The van der Waals surface area contributed by atoms with Gasteiger partial charge in [-0.25, -0.2) is 0 Å². The van der Waals surface area contributed by atoms with Crippen molar-refractivity contribution in [2.45, 2.75) is 39.2 Å². The predicted octanol–water partition coefficient (Wildman–Crippen LogP) is 2.30. The van der Waals surface area contributed by atoms with Crippen molar-refractivity contribution in [3.63, 3.8) is 0 Å². The lowest BCUT2D eigenvalue weighted by molar-refractivity contribution is 0.169. The molecule has 0 unspecified atom stereocenters. The molecular weight excluding hydrogens is 236 g/mol. The van der Waals surface area contributed by atoms with Crippen molar-refractivity contribution < 1.29 is 0 Å². The number of nitrogens with one attached hydrogen (secondary N) is 1. The number of nitrogens with zero attached hydrogens (tertiary/aromatic N) is 3. The van der Waals surface area contributed by atoms with Crippen LogP contribution in [0.5, 0.6) is 0 Å². The quantitative estimate of drug-likeness (QED) is 0.894. The first kappa shape index (κ1) is 12.6. The van der Waals surface area contributed by atoms with E-state index in [4.69, 9.17) is 0 Å². The van der Waals surface area contributed by atoms with Crippen LogP contribution in [0.2, 0.25) is 0 Å². The first-order valence-electron chi connectivity index (χ1n) is 7.26. The minimum Gasteiger partial charge on any atom is -0.314 e. The van der Waals surface area contributed by atoms with Crippen molar-refractivity contribution >= 4 is 5.65 Å². The van der Waals surface area contributed by atoms with Gasteiger partial charge in [0.05, 0.1) is 0 Å². The zero-order valence-corrected chi connectivity index (χ0v) is 11.7. The van der Waals surface area contributed by atoms with Crippen molar-refractivity contribution in [2.24, 2.45) is 11.8 Å². The van der Waals surface area contributed by atoms with E-state index >= 15 is 0 Å². The Morgan fingerprint density at radius 2 is 2.16 bits per heavy atom. The van der Waals surface area contributed by atoms with Crippen LogP contribution in [0.3, 0.4) is 0 Å². The molecule has 1 saturated carbocycles. The van der Waals surface area contributed by atoms with Crippen LogP contribution in [-0.2, 0) is 6.42 Å². The summed E-state index contributed by atoms with van der Waals surface area (Å²) in [6, 6.07) is 6.72. The Labute approximate surface area is 114 Å². The number of hydrogen-bond donors (Lipinski definition) is 1. The highest BCUT2D eigenvalue weighted by Crippen LogP contribution is 2.33. The maximum atomic E-state index is 4.25. The predicted molar refractivity (Wildman–Crippen MR) is 76.0 cm³/mol. The SMILES string of the molecule is CC(C)C1CC(NCCc2nnc3ccccn23)C1. The van der Waals surface area contributed by atoms with Gasteiger partial charge in [-0.2, -0.15) is 0 Å². The number of aromatic nitrogens is 3. The molecule has 102 valence electrons. The second-order valence-electron chi connectivity index (χ2n) is 5.92. The third kappa shape index (κ3) is 2.63. The number of rotatable bonds is 5. The van der Waals surface area contributed by atoms with E-state index in [-0.39, 0.29) is 0 Å². The second-order valence-corrected chi connectivity index (χ2v) is 5.92. The van der Waals surface area contributed by atoms with Gasteiger partial charge in [0.25, 0.3) is 0 Å². The maximum Gasteiger partial charge on any atom is 0.160 e. The Balaban J connectivity index is 1.48. The van der Waals surface area contributed by atoms with Crippen molar-refractivity contribution in [1.29, 1.82) is 0 Å². The molecule has 0 amide bonds. The molecule has 19 heavy (non-hydrogen) atoms. The molecule has 2 aromatic rings. The molecule has 0 aromatic carbocycles. The second kappa shape index (κ2) is 5.29. The molecule has 1 aliphatic carbocycles. The standard InChI is InChI=1S/C15H22N4/c1-11(2)12-9-13(10-12)16-7-6-15-18-17-14-5-3-4-8-19(14)15/h3-5,8,11-13,16H,6-7,9-10H2,1-2H3. The summed E-state index contributed by atoms with van der Waals surface area (Å²) in [6.45, 7) is 5.64. The molecule has 4 nitrogen and oxygen atoms in total. The third-order valence-corrected chi connectivity index (χ3v) is 4.28. The zero-order valence-electron chi connectivity index (χ0n) is 11.7. The fraction of sp³-hybridized carbons (Fsp3) is 0.600. The van der Waals surface area contributed by atoms with Crippen LogP contribution in [0.15, 0.2) is 24.4 Å². The third-order valence-electron chi connectivity index (χ3n) is 4.28. The Kier molecular flexibility index (Phi) is 3.51. The lowest BCUT2D eigenvalue weighted by atomic mass is 9.74. The largest absolute Gasteiger partial charge is 0.314 e. The fourth-order valence-corrected chi connectivity index (χ4v) is 2.82. The summed E-state index contributed by atoms with van der Waals surface area (Å²) in [4.78, 5) is 0. The maximum absolute atomic E-state index is 4.25. The van der Waals surface area contributed by atoms with E-state index in [0.717, 1.165) is 36.3 Å². The topological polar surface area (TPSA) is 42.2 Å². The van der Waals surface area contributed by atoms with Gasteiger partial charge in [0.1, 0.15) is 5.82 Å². The normalized spacial score (nSPS) is 22.9. The van der Waals surface area contributed by atoms with Crippen LogP contribution in [-0.4, -0.2) is 27.2 Å². The van der Waals surface area contributed by atoms with E-state index in [9.17, 15) is 0 Å². The van der Waals surface area contributed by atoms with Crippen molar-refractivity contribution in [1.82, 2.24) is 19.9 Å². The number of pyridine rings is 1. The van der Waals surface area contributed by atoms with E-state index in [2.05, 4.69) is 33.8 Å². The lowest BCUT2D eigenvalue weighted by Crippen LogP contribution is -2.43. The highest BCUT2D eigenvalue weighted by atomic mass is 15.2. The van der Waals surface area contributed by atoms with E-state index in [1.165, 1.54) is 12.8 Å². The van der Waals surface area contributed by atoms with E-state index in [1.807, 2.05) is 24.4 Å². The molecule has 0 radical (unpaired) electrons. The van der Waals surface area contributed by atoms with Gasteiger partial charge in [0, 0.05) is 25.2 Å². The van der Waals surface area contributed by atoms with Gasteiger partial charge < -0.3 is 5.32 Å². The molecule has 1 fully saturated rings. The van der Waals surface area contributed by atoms with Crippen LogP contribution in [0.4, 0.5) is 0 Å². The molecule has 0 atom stereocenters. The minimum atomic E-state index is 0.714. The van der Waals surface area contributed by atoms with Crippen LogP contribution < -0.4 is 5.32 Å². The molecular formula is C15H22N4. The van der Waals surface area contributed by atoms with Gasteiger partial charge in [-0.1, -0.05) is 19.9 Å². The van der Waals surface area contributed by atoms with E-state index in [0.29, 0.717) is 6.04 Å². The Morgan fingerprint density at radius 1 is 1.32 bits per heavy atom. The van der Waals surface area contributed by atoms with Gasteiger partial charge in [-0.15, -0.1) is 10.2 Å². The summed E-state index contributed by atoms with van der Waals surface area (Å²) in [5, 5.41) is 12.0. The molecule has 2 heterocycles. The van der Waals surface area contributed by atoms with Crippen LogP contribution in [0, 0.1) is 11.8 Å². The summed E-state index contributed by atoms with van der Waals surface area (Å²) < 4.78 is 2.07. The van der Waals surface area contributed by atoms with Crippen molar-refractivity contribution in [2.75, 3.05) is 6.54 Å². The lowest BCUT2D eigenvalue weighted by Gasteiger charge is -2.38. The van der Waals surface area contributed by atoms with Crippen LogP contribution in [0.1, 0.15) is 32.5 Å². The van der Waals surface area contributed by atoms with Crippen LogP contribution in [0.25, 0.3) is 5.65 Å². The zero-order chi connectivity index (χ0) is 13.2. The summed E-state index contributed by atoms with van der Waals surface area (Å²) in [7, 11) is 0. The van der Waals surface area contributed by atoms with Gasteiger partial charge in [0.15, 0.2) is 5.65 Å². The highest BCUT2D eigenvalue weighted by molar-refractivity contribution is 5.36. The van der Waals surface area contributed by atoms with E-state index in [1.54, 1.807) is 0 Å². The van der Waals surface area contributed by atoms with Gasteiger partial charge in [-0.05, 0) is 36.8 Å². The van der Waals surface area contributed by atoms with Crippen LogP contribution >= 0.6 is 0 Å². The molecule has 0 bridgehead atoms. The molecule has 1 aliphatic rings. The van der Waals surface area contributed by atoms with Gasteiger partial charge in [0.2, 0.25) is 0 Å². The van der Waals surface area contributed by atoms with Gasteiger partial charge in [-0.3, -0.25) is 4.40 Å². The molecule has 4 heteroatoms. The first-order valence-corrected chi connectivity index (χ1v) is 7.26. The first-order chi connectivity index (χ1) is 9.24. The summed E-state index contributed by atoms with van der Waals surface area (Å²) in [6.07, 6.45) is 5.63. The molecule has 0 spiro atoms. The average Bonchev–Trinajstić information content (AvgIpc) is 2.75. The van der Waals surface area contributed by atoms with Crippen molar-refractivity contribution in [3.05, 3.63) is 30.2 Å². The van der Waals surface area contributed by atoms with E-state index < -0.39 is 0 Å². The molecule has 2 aromatic heterocycles. The Hall–Kier alpha value is -1.42. The molecule has 0 aliphatic heterocycles. The fourth-order valence-electron chi connectivity index (χ4n) is 2.82. The summed E-state index contributed by atoms with van der Waals surface area (Å²) >= 11 is 0. The van der Waals surface area contributed by atoms with Crippen molar-refractivity contribution in [3.8, 4) is 0 Å². The monoisotopic (exact) mass is 258 g/mol. The Bertz CT molecular complexity index is 540. The average molecular weight is 258 g/mol. The molecule has 0 saturated heterocycles. The number of hydrogen-bond acceptors (Lipinski definition) is 3.